The summed E-state index contributed by atoms with van der Waals surface area (Å²) < 4.78 is 7.06. The molecule has 0 unspecified atom stereocenters. The highest BCUT2D eigenvalue weighted by Gasteiger charge is 2.29. The SMILES string of the molecule is C#Cc1ccc2c(c1)C(c1ccccn1)=N[C@@H](C)c1c(C(=O)OCC)ncn1-2.CSC. The molecule has 6 nitrogen and oxygen atoms in total. The molecule has 0 amide bonds. The summed E-state index contributed by atoms with van der Waals surface area (Å²) in [5.74, 6) is 2.21. The average molecular weight is 433 g/mol. The first-order valence-electron chi connectivity index (χ1n) is 9.80. The van der Waals surface area contributed by atoms with Gasteiger partial charge in [0.05, 0.1) is 35.4 Å². The van der Waals surface area contributed by atoms with Gasteiger partial charge in [0.1, 0.15) is 6.33 Å². The summed E-state index contributed by atoms with van der Waals surface area (Å²) in [7, 11) is 0. The Morgan fingerprint density at radius 3 is 2.68 bits per heavy atom. The van der Waals surface area contributed by atoms with E-state index in [4.69, 9.17) is 16.2 Å². The van der Waals surface area contributed by atoms with Crippen molar-refractivity contribution < 1.29 is 9.53 Å². The summed E-state index contributed by atoms with van der Waals surface area (Å²) in [5.41, 5.74) is 4.83. The van der Waals surface area contributed by atoms with Crippen LogP contribution < -0.4 is 0 Å². The number of thioether (sulfide) groups is 1. The van der Waals surface area contributed by atoms with Gasteiger partial charge in [-0.3, -0.25) is 14.5 Å². The zero-order chi connectivity index (χ0) is 22.4. The lowest BCUT2D eigenvalue weighted by molar-refractivity contribution is 0.0518. The molecule has 31 heavy (non-hydrogen) atoms. The Balaban J connectivity index is 0.000000858. The van der Waals surface area contributed by atoms with Gasteiger partial charge in [-0.15, -0.1) is 6.42 Å². The molecule has 158 valence electrons. The predicted octanol–water partition coefficient (Wildman–Crippen LogP) is 4.32. The number of imidazole rings is 1. The van der Waals surface area contributed by atoms with E-state index >= 15 is 0 Å². The minimum atomic E-state index is -0.457. The van der Waals surface area contributed by atoms with Crippen LogP contribution in [0.4, 0.5) is 0 Å². The van der Waals surface area contributed by atoms with Crippen LogP contribution in [-0.2, 0) is 4.74 Å². The molecule has 0 bridgehead atoms. The van der Waals surface area contributed by atoms with Crippen molar-refractivity contribution in [3.63, 3.8) is 0 Å². The van der Waals surface area contributed by atoms with E-state index in [-0.39, 0.29) is 18.3 Å². The third-order valence-electron chi connectivity index (χ3n) is 4.58. The summed E-state index contributed by atoms with van der Waals surface area (Å²) in [6.07, 6.45) is 13.1. The number of pyridine rings is 1. The van der Waals surface area contributed by atoms with Gasteiger partial charge in [-0.05, 0) is 56.7 Å². The van der Waals surface area contributed by atoms with E-state index in [0.29, 0.717) is 5.69 Å². The van der Waals surface area contributed by atoms with Crippen LogP contribution in [0.5, 0.6) is 0 Å². The molecule has 0 N–H and O–H groups in total. The van der Waals surface area contributed by atoms with E-state index in [9.17, 15) is 4.79 Å². The quantitative estimate of drug-likeness (QED) is 0.455. The molecule has 0 fully saturated rings. The Morgan fingerprint density at radius 1 is 1.26 bits per heavy atom. The van der Waals surface area contributed by atoms with Crippen LogP contribution >= 0.6 is 11.8 Å². The van der Waals surface area contributed by atoms with Crippen molar-refractivity contribution in [1.29, 1.82) is 0 Å². The normalized spacial score (nSPS) is 14.0. The number of aromatic nitrogens is 3. The molecule has 1 aliphatic heterocycles. The number of ether oxygens (including phenoxy) is 1. The number of terminal acetylenes is 1. The van der Waals surface area contributed by atoms with Gasteiger partial charge in [0.25, 0.3) is 0 Å². The van der Waals surface area contributed by atoms with Crippen LogP contribution in [0.1, 0.15) is 52.9 Å². The molecule has 1 aromatic carbocycles. The number of aliphatic imine (C=N–C) groups is 1. The first-order chi connectivity index (χ1) is 15.0. The van der Waals surface area contributed by atoms with Crippen molar-refractivity contribution in [2.75, 3.05) is 19.1 Å². The molecule has 0 aliphatic carbocycles. The lowest BCUT2D eigenvalue weighted by atomic mass is 10.0. The van der Waals surface area contributed by atoms with Crippen LogP contribution in [0.3, 0.4) is 0 Å². The Hall–Kier alpha value is -3.37. The number of fused-ring (bicyclic) bond motifs is 3. The van der Waals surface area contributed by atoms with Crippen molar-refractivity contribution in [3.05, 3.63) is 77.1 Å². The molecule has 1 aliphatic rings. The molecule has 0 radical (unpaired) electrons. The van der Waals surface area contributed by atoms with Crippen molar-refractivity contribution >= 4 is 23.4 Å². The zero-order valence-electron chi connectivity index (χ0n) is 18.0. The number of rotatable bonds is 3. The van der Waals surface area contributed by atoms with Crippen LogP contribution in [0.25, 0.3) is 5.69 Å². The number of nitrogens with zero attached hydrogens (tertiary/aromatic N) is 4. The van der Waals surface area contributed by atoms with E-state index in [1.807, 2.05) is 60.4 Å². The predicted molar refractivity (Wildman–Crippen MR) is 125 cm³/mol. The number of hydrogen-bond acceptors (Lipinski definition) is 6. The molecule has 0 saturated carbocycles. The second kappa shape index (κ2) is 10.1. The smallest absolute Gasteiger partial charge is 0.358 e. The van der Waals surface area contributed by atoms with Crippen molar-refractivity contribution in [2.45, 2.75) is 19.9 Å². The molecule has 3 aromatic rings. The van der Waals surface area contributed by atoms with Crippen LogP contribution in [0.15, 0.2) is 53.9 Å². The highest BCUT2D eigenvalue weighted by Crippen LogP contribution is 2.32. The number of carbonyl (C=O) groups excluding carboxylic acids is 1. The lowest BCUT2D eigenvalue weighted by Crippen LogP contribution is -2.11. The molecule has 2 aromatic heterocycles. The average Bonchev–Trinajstić information content (AvgIpc) is 3.19. The highest BCUT2D eigenvalue weighted by molar-refractivity contribution is 7.97. The fraction of sp³-hybridized carbons (Fsp3) is 0.250. The van der Waals surface area contributed by atoms with Gasteiger partial charge in [-0.25, -0.2) is 9.78 Å². The fourth-order valence-corrected chi connectivity index (χ4v) is 3.36. The molecule has 4 rings (SSSR count). The van der Waals surface area contributed by atoms with E-state index < -0.39 is 5.97 Å². The van der Waals surface area contributed by atoms with Gasteiger partial charge in [-0.1, -0.05) is 12.0 Å². The van der Waals surface area contributed by atoms with Crippen molar-refractivity contribution in [2.24, 2.45) is 4.99 Å². The molecule has 3 heterocycles. The van der Waals surface area contributed by atoms with Crippen molar-refractivity contribution in [3.8, 4) is 18.0 Å². The standard InChI is InChI=1S/C22H18N4O2.C2H6S/c1-4-15-9-10-18-16(12-15)19(17-8-6-7-11-23-17)25-14(3)21-20(22(27)28-5-2)24-13-26(18)21;1-3-2/h1,6-14H,5H2,2-3H3;1-2H3/t14-;/m0./s1. The maximum Gasteiger partial charge on any atom is 0.358 e. The van der Waals surface area contributed by atoms with Gasteiger partial charge >= 0.3 is 5.97 Å². The maximum atomic E-state index is 12.4. The summed E-state index contributed by atoms with van der Waals surface area (Å²) in [6, 6.07) is 11.0. The monoisotopic (exact) mass is 432 g/mol. The molecule has 0 saturated heterocycles. The number of benzene rings is 1. The number of carbonyl (C=O) groups is 1. The Kier molecular flexibility index (Phi) is 7.27. The molecular formula is C24H24N4O2S. The zero-order valence-corrected chi connectivity index (χ0v) is 18.8. The largest absolute Gasteiger partial charge is 0.461 e. The summed E-state index contributed by atoms with van der Waals surface area (Å²) in [4.78, 5) is 26.1. The summed E-state index contributed by atoms with van der Waals surface area (Å²) in [5, 5.41) is 0. The topological polar surface area (TPSA) is 69.4 Å². The molecule has 0 spiro atoms. The van der Waals surface area contributed by atoms with E-state index in [2.05, 4.69) is 15.9 Å². The van der Waals surface area contributed by atoms with Crippen LogP contribution in [-0.4, -0.2) is 45.3 Å². The molecular weight excluding hydrogens is 408 g/mol. The minimum absolute atomic E-state index is 0.271. The van der Waals surface area contributed by atoms with E-state index in [0.717, 1.165) is 28.2 Å². The van der Waals surface area contributed by atoms with E-state index in [1.54, 1.807) is 31.2 Å². The lowest BCUT2D eigenvalue weighted by Gasteiger charge is -2.12. The second-order valence-electron chi connectivity index (χ2n) is 6.72. The fourth-order valence-electron chi connectivity index (χ4n) is 3.36. The van der Waals surface area contributed by atoms with Gasteiger partial charge < -0.3 is 4.74 Å². The summed E-state index contributed by atoms with van der Waals surface area (Å²) >= 11 is 1.75. The minimum Gasteiger partial charge on any atom is -0.461 e. The Morgan fingerprint density at radius 2 is 2.03 bits per heavy atom. The number of hydrogen-bond donors (Lipinski definition) is 0. The maximum absolute atomic E-state index is 12.4. The third-order valence-corrected chi connectivity index (χ3v) is 4.58. The Bertz CT molecular complexity index is 1150. The van der Waals surface area contributed by atoms with E-state index in [1.165, 1.54) is 0 Å². The van der Waals surface area contributed by atoms with Gasteiger partial charge in [0.2, 0.25) is 0 Å². The highest BCUT2D eigenvalue weighted by atomic mass is 32.2. The third kappa shape index (κ3) is 4.54. The van der Waals surface area contributed by atoms with Crippen LogP contribution in [0, 0.1) is 12.3 Å². The van der Waals surface area contributed by atoms with Crippen LogP contribution in [0.2, 0.25) is 0 Å². The number of esters is 1. The summed E-state index contributed by atoms with van der Waals surface area (Å²) in [6.45, 7) is 3.97. The second-order valence-corrected chi connectivity index (χ2v) is 7.54. The van der Waals surface area contributed by atoms with Gasteiger partial charge in [0, 0.05) is 17.3 Å². The van der Waals surface area contributed by atoms with Gasteiger partial charge in [0.15, 0.2) is 5.69 Å². The molecule has 7 heteroatoms. The first kappa shape index (κ1) is 22.3. The molecule has 1 atom stereocenters. The first-order valence-corrected chi connectivity index (χ1v) is 11.4. The van der Waals surface area contributed by atoms with Crippen molar-refractivity contribution in [1.82, 2.24) is 14.5 Å². The Labute approximate surface area is 186 Å². The van der Waals surface area contributed by atoms with Gasteiger partial charge in [-0.2, -0.15) is 11.8 Å².